The molecule has 0 bridgehead atoms. The van der Waals surface area contributed by atoms with Crippen molar-refractivity contribution in [2.24, 2.45) is 4.99 Å². The van der Waals surface area contributed by atoms with Gasteiger partial charge in [-0.3, -0.25) is 9.69 Å². The number of anilines is 1. The maximum atomic E-state index is 13.2. The number of piperidine rings is 1. The van der Waals surface area contributed by atoms with Gasteiger partial charge in [-0.1, -0.05) is 53.0 Å². The van der Waals surface area contributed by atoms with Crippen LogP contribution in [0.15, 0.2) is 70.6 Å². The number of carbonyl (C=O) groups is 1. The lowest BCUT2D eigenvalue weighted by Crippen LogP contribution is -2.29. The second-order valence-electron chi connectivity index (χ2n) is 9.71. The lowest BCUT2D eigenvalue weighted by Gasteiger charge is -2.28. The highest BCUT2D eigenvalue weighted by Gasteiger charge is 2.32. The largest absolute Gasteiger partial charge is 0.486 e. The molecule has 3 aromatic rings. The maximum absolute atomic E-state index is 13.2. The Morgan fingerprint density at radius 3 is 2.28 bits per heavy atom. The van der Waals surface area contributed by atoms with E-state index in [9.17, 15) is 4.79 Å². The van der Waals surface area contributed by atoms with Crippen molar-refractivity contribution >= 4 is 63.5 Å². The van der Waals surface area contributed by atoms with E-state index < -0.39 is 0 Å². The number of carbonyl (C=O) groups excluding carboxylic acids is 1. The molecule has 2 saturated heterocycles. The molecule has 0 N–H and O–H groups in total. The van der Waals surface area contributed by atoms with E-state index in [1.54, 1.807) is 23.1 Å². The van der Waals surface area contributed by atoms with Crippen LogP contribution in [0.4, 0.5) is 11.4 Å². The van der Waals surface area contributed by atoms with Crippen LogP contribution in [-0.4, -0.2) is 35.6 Å². The van der Waals surface area contributed by atoms with E-state index in [-0.39, 0.29) is 5.91 Å². The van der Waals surface area contributed by atoms with Gasteiger partial charge >= 0.3 is 0 Å². The topological polar surface area (TPSA) is 45.1 Å². The molecule has 202 valence electrons. The van der Waals surface area contributed by atoms with Crippen LogP contribution in [0.1, 0.15) is 42.9 Å². The molecule has 0 spiro atoms. The summed E-state index contributed by atoms with van der Waals surface area (Å²) in [6.07, 6.45) is 5.59. The fraction of sp³-hybridized carbons (Fsp3) is 0.290. The van der Waals surface area contributed by atoms with Gasteiger partial charge in [0.25, 0.3) is 5.91 Å². The summed E-state index contributed by atoms with van der Waals surface area (Å²) in [4.78, 5) is 22.7. The molecule has 5 rings (SSSR count). The van der Waals surface area contributed by atoms with Crippen LogP contribution in [0.25, 0.3) is 6.08 Å². The van der Waals surface area contributed by atoms with Crippen molar-refractivity contribution in [3.63, 3.8) is 0 Å². The third-order valence-corrected chi connectivity index (χ3v) is 8.39. The summed E-state index contributed by atoms with van der Waals surface area (Å²) in [5.41, 5.74) is 4.99. The predicted molar refractivity (Wildman–Crippen MR) is 165 cm³/mol. The molecule has 5 nitrogen and oxygen atoms in total. The third-order valence-electron chi connectivity index (χ3n) is 6.82. The van der Waals surface area contributed by atoms with E-state index >= 15 is 0 Å². The lowest BCUT2D eigenvalue weighted by molar-refractivity contribution is -0.122. The molecule has 8 heteroatoms. The zero-order chi connectivity index (χ0) is 27.4. The second-order valence-corrected chi connectivity index (χ2v) is 11.5. The summed E-state index contributed by atoms with van der Waals surface area (Å²) >= 11 is 14.4. The SMILES string of the molecule is CCN1C(=O)/C(=C/c2cc(Cl)c(OCc3ccc(C)cc3)c(Cl)c2)SC1=Nc1ccc(N2CCCCC2)cc1. The molecule has 1 amide bonds. The van der Waals surface area contributed by atoms with E-state index in [0.717, 1.165) is 29.9 Å². The molecule has 2 fully saturated rings. The van der Waals surface area contributed by atoms with Crippen molar-refractivity contribution < 1.29 is 9.53 Å². The maximum Gasteiger partial charge on any atom is 0.266 e. The second kappa shape index (κ2) is 12.5. The van der Waals surface area contributed by atoms with E-state index in [2.05, 4.69) is 17.0 Å². The Morgan fingerprint density at radius 2 is 1.64 bits per heavy atom. The van der Waals surface area contributed by atoms with Crippen LogP contribution < -0.4 is 9.64 Å². The summed E-state index contributed by atoms with van der Waals surface area (Å²) in [5, 5.41) is 1.45. The monoisotopic (exact) mass is 579 g/mol. The molecule has 0 aromatic heterocycles. The normalized spacial score (nSPS) is 17.9. The van der Waals surface area contributed by atoms with Gasteiger partial charge in [0.1, 0.15) is 6.61 Å². The molecule has 0 unspecified atom stereocenters. The van der Waals surface area contributed by atoms with Crippen molar-refractivity contribution in [3.8, 4) is 5.75 Å². The average molecular weight is 581 g/mol. The summed E-state index contributed by atoms with van der Waals surface area (Å²) in [5.74, 6) is 0.343. The molecule has 2 aliphatic heterocycles. The summed E-state index contributed by atoms with van der Waals surface area (Å²) in [6.45, 7) is 7.08. The van der Waals surface area contributed by atoms with E-state index in [4.69, 9.17) is 32.9 Å². The number of ether oxygens (including phenoxy) is 1. The first kappa shape index (κ1) is 27.6. The summed E-state index contributed by atoms with van der Waals surface area (Å²) in [7, 11) is 0. The Bertz CT molecular complexity index is 1380. The zero-order valence-corrected chi connectivity index (χ0v) is 24.5. The minimum atomic E-state index is -0.0851. The van der Waals surface area contributed by atoms with Crippen molar-refractivity contribution in [2.75, 3.05) is 24.5 Å². The fourth-order valence-corrected chi connectivity index (χ4v) is 6.34. The highest BCUT2D eigenvalue weighted by atomic mass is 35.5. The van der Waals surface area contributed by atoms with Gasteiger partial charge in [-0.25, -0.2) is 4.99 Å². The van der Waals surface area contributed by atoms with Crippen LogP contribution >= 0.6 is 35.0 Å². The Kier molecular flexibility index (Phi) is 8.85. The highest BCUT2D eigenvalue weighted by Crippen LogP contribution is 2.38. The number of amidine groups is 1. The third kappa shape index (κ3) is 6.63. The standard InChI is InChI=1S/C31H31Cl2N3O2S/c1-3-36-30(37)28(39-31(36)34-24-11-13-25(14-12-24)35-15-5-4-6-16-35)19-23-17-26(32)29(27(33)18-23)38-20-22-9-7-21(2)8-10-22/h7-14,17-19H,3-6,15-16,20H2,1-2H3/b28-19-,34-31?. The first-order chi connectivity index (χ1) is 18.9. The Morgan fingerprint density at radius 1 is 0.974 bits per heavy atom. The van der Waals surface area contributed by atoms with Gasteiger partial charge in [0, 0.05) is 25.3 Å². The molecule has 39 heavy (non-hydrogen) atoms. The van der Waals surface area contributed by atoms with E-state index in [1.165, 1.54) is 42.3 Å². The molecule has 0 aliphatic carbocycles. The van der Waals surface area contributed by atoms with E-state index in [0.29, 0.717) is 39.0 Å². The molecule has 0 saturated carbocycles. The van der Waals surface area contributed by atoms with Crippen LogP contribution in [0, 0.1) is 6.92 Å². The number of halogens is 2. The molecule has 2 heterocycles. The fourth-order valence-electron chi connectivity index (χ4n) is 4.66. The number of hydrogen-bond donors (Lipinski definition) is 0. The Labute approximate surface area is 244 Å². The van der Waals surface area contributed by atoms with Gasteiger partial charge in [0.05, 0.1) is 20.6 Å². The summed E-state index contributed by atoms with van der Waals surface area (Å²) in [6, 6.07) is 19.9. The van der Waals surface area contributed by atoms with Gasteiger partial charge in [0.15, 0.2) is 10.9 Å². The number of aliphatic imine (C=N–C) groups is 1. The van der Waals surface area contributed by atoms with Crippen molar-refractivity contribution in [2.45, 2.75) is 39.7 Å². The van der Waals surface area contributed by atoms with Crippen LogP contribution in [0.5, 0.6) is 5.75 Å². The number of benzene rings is 3. The molecule has 0 atom stereocenters. The minimum Gasteiger partial charge on any atom is -0.486 e. The highest BCUT2D eigenvalue weighted by molar-refractivity contribution is 8.18. The van der Waals surface area contributed by atoms with Crippen LogP contribution in [0.2, 0.25) is 10.0 Å². The molecule has 0 radical (unpaired) electrons. The van der Waals surface area contributed by atoms with Gasteiger partial charge < -0.3 is 9.64 Å². The number of rotatable bonds is 7. The first-order valence-corrected chi connectivity index (χ1v) is 14.8. The number of nitrogens with zero attached hydrogens (tertiary/aromatic N) is 3. The van der Waals surface area contributed by atoms with Crippen molar-refractivity contribution in [3.05, 3.63) is 92.3 Å². The van der Waals surface area contributed by atoms with Gasteiger partial charge in [-0.2, -0.15) is 0 Å². The Balaban J connectivity index is 1.31. The molecular formula is C31H31Cl2N3O2S. The molecule has 2 aliphatic rings. The number of aryl methyl sites for hydroxylation is 1. The zero-order valence-electron chi connectivity index (χ0n) is 22.1. The smallest absolute Gasteiger partial charge is 0.266 e. The summed E-state index contributed by atoms with van der Waals surface area (Å²) < 4.78 is 5.92. The number of amides is 1. The first-order valence-electron chi connectivity index (χ1n) is 13.2. The number of likely N-dealkylation sites (N-methyl/N-ethyl adjacent to an activating group) is 1. The van der Waals surface area contributed by atoms with Gasteiger partial charge in [-0.15, -0.1) is 0 Å². The lowest BCUT2D eigenvalue weighted by atomic mass is 10.1. The Hall–Kier alpha value is -2.93. The average Bonchev–Trinajstić information content (AvgIpc) is 3.23. The van der Waals surface area contributed by atoms with Gasteiger partial charge in [0.2, 0.25) is 0 Å². The van der Waals surface area contributed by atoms with Crippen molar-refractivity contribution in [1.82, 2.24) is 4.90 Å². The number of thioether (sulfide) groups is 1. The predicted octanol–water partition coefficient (Wildman–Crippen LogP) is 8.50. The van der Waals surface area contributed by atoms with Crippen LogP contribution in [-0.2, 0) is 11.4 Å². The number of hydrogen-bond acceptors (Lipinski definition) is 5. The molecule has 3 aromatic carbocycles. The van der Waals surface area contributed by atoms with E-state index in [1.807, 2.05) is 50.2 Å². The van der Waals surface area contributed by atoms with Crippen LogP contribution in [0.3, 0.4) is 0 Å². The quantitative estimate of drug-likeness (QED) is 0.263. The van der Waals surface area contributed by atoms with Crippen molar-refractivity contribution in [1.29, 1.82) is 0 Å². The minimum absolute atomic E-state index is 0.0851. The van der Waals surface area contributed by atoms with Gasteiger partial charge in [-0.05, 0) is 98.5 Å². The molecular weight excluding hydrogens is 549 g/mol.